The lowest BCUT2D eigenvalue weighted by Gasteiger charge is -2.45. The molecule has 5 aliphatic rings. The highest BCUT2D eigenvalue weighted by Crippen LogP contribution is 2.37. The minimum Gasteiger partial charge on any atom is -0.343 e. The van der Waals surface area contributed by atoms with E-state index in [0.29, 0.717) is 57.2 Å². The van der Waals surface area contributed by atoms with Crippen LogP contribution in [-0.2, 0) is 76.6 Å². The Kier molecular flexibility index (Phi) is 27.4. The zero-order valence-corrected chi connectivity index (χ0v) is 62.0. The predicted molar refractivity (Wildman–Crippen MR) is 373 cm³/mol. The molecule has 101 heavy (non-hydrogen) atoms. The number of halogens is 4. The summed E-state index contributed by atoms with van der Waals surface area (Å²) in [6.07, 6.45) is -1.07. The molecule has 1 aliphatic carbocycles. The fraction of sp³-hybridized carbons (Fsp3) is 0.671. The topological polar surface area (TPSA) is 270 Å². The number of alkyl halides is 3. The molecule has 0 aromatic heterocycles. The Morgan fingerprint density at radius 1 is 0.644 bits per heavy atom. The summed E-state index contributed by atoms with van der Waals surface area (Å²) in [5.74, 6) is -9.27. The first kappa shape index (κ1) is 80.5. The smallest absolute Gasteiger partial charge is 0.343 e. The van der Waals surface area contributed by atoms with E-state index in [0.717, 1.165) is 29.0 Å². The maximum absolute atomic E-state index is 15.4. The standard InChI is InChI=1S/C73H106ClF3N12O12/c1-15-46(7)60-69(99)82(10)47(8)64(94)89-37-31-54(89)67(97)84(12)56(40-49-25-23-45(6)24-26-49)66(96)81(9)42-58(90)78-52(30-28-48-27-29-50(51(74)39-48)73(75,76)77)65(95)88-36-21-22-53(88)63(93)80-72(32-17-18-33-72)71(101)86(14)61(44(4)5)70(100)85(13)57(68(98)87-34-19-16-20-35-87)41-59(91)83(11)55(38-43(2)3)62(92)79-60/h23-27,29,39,43-44,46-47,52-57,60-61H,15-22,28,30-38,40-42H2,1-14H3,(H,78,90)(H,79,92)(H,80,93)/t46-,47-,52-,53-,54-,55-,56-,57-,60-,61-/m0/s1. The van der Waals surface area contributed by atoms with Gasteiger partial charge in [-0.1, -0.05) is 108 Å². The van der Waals surface area contributed by atoms with Gasteiger partial charge >= 0.3 is 6.18 Å². The third-order valence-corrected chi connectivity index (χ3v) is 21.7. The Morgan fingerprint density at radius 3 is 1.84 bits per heavy atom. The molecule has 4 aliphatic heterocycles. The third kappa shape index (κ3) is 18.9. The van der Waals surface area contributed by atoms with E-state index < -0.39 is 172 Å². The van der Waals surface area contributed by atoms with Gasteiger partial charge in [-0.25, -0.2) is 0 Å². The van der Waals surface area contributed by atoms with Crippen LogP contribution in [0.5, 0.6) is 0 Å². The summed E-state index contributed by atoms with van der Waals surface area (Å²) in [4.78, 5) is 191. The van der Waals surface area contributed by atoms with Crippen LogP contribution in [0.3, 0.4) is 0 Å². The second-order valence-electron chi connectivity index (χ2n) is 29.4. The Balaban J connectivity index is 1.30. The predicted octanol–water partition coefficient (Wildman–Crippen LogP) is 5.61. The molecule has 0 radical (unpaired) electrons. The number of rotatable bonds is 11. The highest BCUT2D eigenvalue weighted by molar-refractivity contribution is 6.31. The molecule has 4 saturated heterocycles. The number of aryl methyl sites for hydroxylation is 2. The fourth-order valence-electron chi connectivity index (χ4n) is 14.7. The Bertz CT molecular complexity index is 3380. The molecule has 10 atom stereocenters. The average Bonchev–Trinajstić information content (AvgIpc) is 1.39. The molecule has 558 valence electrons. The van der Waals surface area contributed by atoms with Crippen LogP contribution in [0.1, 0.15) is 161 Å². The molecule has 2 aromatic carbocycles. The third-order valence-electron chi connectivity index (χ3n) is 21.4. The molecular weight excluding hydrogens is 1330 g/mol. The summed E-state index contributed by atoms with van der Waals surface area (Å²) in [5.41, 5.74) is -0.824. The van der Waals surface area contributed by atoms with Crippen molar-refractivity contribution in [3.05, 3.63) is 69.7 Å². The summed E-state index contributed by atoms with van der Waals surface area (Å²) in [5, 5.41) is 8.10. The number of benzene rings is 2. The van der Waals surface area contributed by atoms with E-state index in [4.69, 9.17) is 11.6 Å². The van der Waals surface area contributed by atoms with Crippen molar-refractivity contribution in [1.82, 2.24) is 60.0 Å². The van der Waals surface area contributed by atoms with Crippen LogP contribution >= 0.6 is 11.6 Å². The van der Waals surface area contributed by atoms with Gasteiger partial charge < -0.3 is 60.0 Å². The zero-order valence-electron chi connectivity index (χ0n) is 61.3. The number of likely N-dealkylation sites (N-methyl/N-ethyl adjacent to an activating group) is 6. The van der Waals surface area contributed by atoms with Crippen molar-refractivity contribution in [3.63, 3.8) is 0 Å². The van der Waals surface area contributed by atoms with Gasteiger partial charge in [0.15, 0.2) is 0 Å². The maximum atomic E-state index is 15.4. The fourth-order valence-corrected chi connectivity index (χ4v) is 15.0. The monoisotopic (exact) mass is 1430 g/mol. The van der Waals surface area contributed by atoms with E-state index in [2.05, 4.69) is 16.0 Å². The maximum Gasteiger partial charge on any atom is 0.417 e. The van der Waals surface area contributed by atoms with Crippen LogP contribution in [0.2, 0.25) is 5.02 Å². The van der Waals surface area contributed by atoms with Gasteiger partial charge in [-0.3, -0.25) is 57.5 Å². The summed E-state index contributed by atoms with van der Waals surface area (Å²) < 4.78 is 41.6. The molecule has 3 N–H and O–H groups in total. The van der Waals surface area contributed by atoms with Gasteiger partial charge in [0.2, 0.25) is 70.9 Å². The Morgan fingerprint density at radius 2 is 1.27 bits per heavy atom. The lowest BCUT2D eigenvalue weighted by molar-refractivity contribution is -0.160. The summed E-state index contributed by atoms with van der Waals surface area (Å²) in [6.45, 7) is 14.3. The highest BCUT2D eigenvalue weighted by Gasteiger charge is 2.51. The van der Waals surface area contributed by atoms with Crippen molar-refractivity contribution in [3.8, 4) is 0 Å². The van der Waals surface area contributed by atoms with Crippen molar-refractivity contribution in [2.24, 2.45) is 17.8 Å². The number of piperidine rings is 1. The van der Waals surface area contributed by atoms with Crippen molar-refractivity contribution >= 4 is 82.5 Å². The number of nitrogens with one attached hydrogen (secondary N) is 3. The summed E-state index contributed by atoms with van der Waals surface area (Å²) >= 11 is 6.15. The number of likely N-dealkylation sites (tertiary alicyclic amines) is 1. The second-order valence-corrected chi connectivity index (χ2v) is 29.8. The first-order valence-electron chi connectivity index (χ1n) is 35.7. The molecule has 1 saturated carbocycles. The first-order valence-corrected chi connectivity index (χ1v) is 36.1. The minimum absolute atomic E-state index is 0.0175. The number of fused-ring (bicyclic) bond motifs is 2. The number of carbonyl (C=O) groups is 12. The van der Waals surface area contributed by atoms with E-state index in [9.17, 15) is 46.7 Å². The first-order chi connectivity index (χ1) is 47.4. The van der Waals surface area contributed by atoms with Crippen LogP contribution in [0.15, 0.2) is 42.5 Å². The van der Waals surface area contributed by atoms with E-state index in [1.165, 1.54) is 89.6 Å². The highest BCUT2D eigenvalue weighted by atomic mass is 35.5. The molecule has 5 fully saturated rings. The van der Waals surface area contributed by atoms with Crippen LogP contribution in [0.4, 0.5) is 13.2 Å². The molecular formula is C73H106ClF3N12O12. The normalized spacial score (nSPS) is 26.5. The van der Waals surface area contributed by atoms with Gasteiger partial charge in [-0.2, -0.15) is 13.2 Å². The number of hydrogen-bond acceptors (Lipinski definition) is 12. The van der Waals surface area contributed by atoms with Gasteiger partial charge in [-0.05, 0) is 125 Å². The van der Waals surface area contributed by atoms with Crippen LogP contribution in [0.25, 0.3) is 0 Å². The minimum atomic E-state index is -4.77. The average molecular weight is 1440 g/mol. The van der Waals surface area contributed by atoms with Gasteiger partial charge in [0.25, 0.3) is 0 Å². The molecule has 0 unspecified atom stereocenters. The van der Waals surface area contributed by atoms with Crippen molar-refractivity contribution in [1.29, 1.82) is 0 Å². The lowest BCUT2D eigenvalue weighted by atomic mass is 9.91. The molecule has 28 heteroatoms. The number of hydrogen-bond donors (Lipinski definition) is 3. The van der Waals surface area contributed by atoms with Crippen molar-refractivity contribution < 1.29 is 70.7 Å². The quantitative estimate of drug-likeness (QED) is 0.248. The van der Waals surface area contributed by atoms with Crippen LogP contribution in [-0.4, -0.2) is 250 Å². The van der Waals surface area contributed by atoms with E-state index in [1.807, 2.05) is 39.8 Å². The van der Waals surface area contributed by atoms with Crippen molar-refractivity contribution in [2.75, 3.05) is 75.0 Å². The van der Waals surface area contributed by atoms with Gasteiger partial charge in [-0.15, -0.1) is 0 Å². The second kappa shape index (κ2) is 34.4. The molecule has 2 aromatic rings. The summed E-state index contributed by atoms with van der Waals surface area (Å²) in [7, 11) is 8.46. The Hall–Kier alpha value is -7.84. The van der Waals surface area contributed by atoms with E-state index >= 15 is 24.0 Å². The van der Waals surface area contributed by atoms with Gasteiger partial charge in [0.05, 0.1) is 23.6 Å². The van der Waals surface area contributed by atoms with E-state index in [-0.39, 0.29) is 75.9 Å². The molecule has 12 amide bonds. The summed E-state index contributed by atoms with van der Waals surface area (Å²) in [6, 6.07) is -0.953. The SMILES string of the molecule is CC[C@H](C)[C@@H]1NC(=O)[C@H](CC(C)C)N(C)C(=O)C[C@@H](C(=O)N2CCCCC2)N(C)C(=O)[C@H](C(C)C)N(C)C(=O)C2(CCCC2)NC(=O)[C@@H]2CCCN2C(=O)[C@H](CCc2ccc(C(F)(F)F)c(Cl)c2)NC(=O)CN(C)C(=O)[C@H](Cc2ccc(C)cc2)N(C)C(=O)[C@@H]2CCN2C(=O)[C@H](C)N(C)C1=O. The van der Waals surface area contributed by atoms with Gasteiger partial charge in [0.1, 0.15) is 59.9 Å². The van der Waals surface area contributed by atoms with Crippen LogP contribution in [0, 0.1) is 24.7 Å². The molecule has 24 nitrogen and oxygen atoms in total. The van der Waals surface area contributed by atoms with E-state index in [1.54, 1.807) is 37.8 Å². The zero-order chi connectivity index (χ0) is 74.9. The number of carbonyl (C=O) groups excluding carboxylic acids is 12. The van der Waals surface area contributed by atoms with Crippen molar-refractivity contribution in [2.45, 2.75) is 224 Å². The lowest BCUT2D eigenvalue weighted by Crippen LogP contribution is -2.65. The molecule has 1 spiro atoms. The number of amides is 12. The molecule has 7 rings (SSSR count). The van der Waals surface area contributed by atoms with Gasteiger partial charge in [0, 0.05) is 74.9 Å². The molecule has 0 bridgehead atoms. The Labute approximate surface area is 597 Å². The molecule has 4 heterocycles. The number of nitrogens with zero attached hydrogens (tertiary/aromatic N) is 9. The van der Waals surface area contributed by atoms with Crippen LogP contribution < -0.4 is 16.0 Å². The largest absolute Gasteiger partial charge is 0.417 e.